The summed E-state index contributed by atoms with van der Waals surface area (Å²) in [6, 6.07) is 10.9. The molecular weight excluding hydrogens is 414 g/mol. The van der Waals surface area contributed by atoms with Crippen molar-refractivity contribution in [1.29, 1.82) is 0 Å². The maximum absolute atomic E-state index is 12.6. The minimum atomic E-state index is -0.247. The van der Waals surface area contributed by atoms with E-state index >= 15 is 0 Å². The van der Waals surface area contributed by atoms with Gasteiger partial charge in [0.15, 0.2) is 11.5 Å². The number of hydrogen-bond donors (Lipinski definition) is 0. The van der Waals surface area contributed by atoms with E-state index < -0.39 is 0 Å². The first-order chi connectivity index (χ1) is 15.5. The van der Waals surface area contributed by atoms with Gasteiger partial charge in [-0.25, -0.2) is 0 Å². The molecule has 0 aliphatic rings. The summed E-state index contributed by atoms with van der Waals surface area (Å²) < 4.78 is 26.6. The lowest BCUT2D eigenvalue weighted by Crippen LogP contribution is -2.24. The summed E-state index contributed by atoms with van der Waals surface area (Å²) in [6.07, 6.45) is 3.08. The number of aromatic nitrogens is 2. The lowest BCUT2D eigenvalue weighted by atomic mass is 10.1. The summed E-state index contributed by atoms with van der Waals surface area (Å²) in [6.45, 7) is 0.156. The van der Waals surface area contributed by atoms with Gasteiger partial charge in [0.05, 0.1) is 35.0 Å². The second-order valence-electron chi connectivity index (χ2n) is 6.69. The van der Waals surface area contributed by atoms with E-state index in [1.165, 1.54) is 25.2 Å². The Balaban J connectivity index is 1.71. The Bertz CT molecular complexity index is 1110. The summed E-state index contributed by atoms with van der Waals surface area (Å²) in [5.41, 5.74) is 1.43. The largest absolute Gasteiger partial charge is 0.497 e. The minimum absolute atomic E-state index is 0.156. The Hall–Kier alpha value is -4.01. The zero-order chi connectivity index (χ0) is 23.1. The van der Waals surface area contributed by atoms with Crippen LogP contribution in [0, 0.1) is 0 Å². The molecule has 3 rings (SSSR count). The first-order valence-corrected chi connectivity index (χ1v) is 9.69. The number of carbonyl (C=O) groups is 1. The van der Waals surface area contributed by atoms with E-state index in [0.717, 1.165) is 5.56 Å². The zero-order valence-corrected chi connectivity index (χ0v) is 18.6. The van der Waals surface area contributed by atoms with Gasteiger partial charge in [-0.15, -0.1) is 0 Å². The Morgan fingerprint density at radius 2 is 1.81 bits per heavy atom. The molecule has 0 fully saturated rings. The highest BCUT2D eigenvalue weighted by molar-refractivity contribution is 5.92. The van der Waals surface area contributed by atoms with Crippen LogP contribution in [0.25, 0.3) is 17.5 Å². The van der Waals surface area contributed by atoms with Crippen molar-refractivity contribution in [2.45, 2.75) is 6.54 Å². The van der Waals surface area contributed by atoms with Crippen molar-refractivity contribution in [2.75, 3.05) is 35.5 Å². The molecule has 3 aromatic rings. The topological polar surface area (TPSA) is 96.2 Å². The van der Waals surface area contributed by atoms with Crippen molar-refractivity contribution < 1.29 is 28.3 Å². The number of methoxy groups -OCH3 is 4. The number of likely N-dealkylation sites (N-methyl/N-ethyl adjacent to an activating group) is 1. The van der Waals surface area contributed by atoms with Gasteiger partial charge in [0.25, 0.3) is 0 Å². The van der Waals surface area contributed by atoms with E-state index in [4.69, 9.17) is 23.5 Å². The zero-order valence-electron chi connectivity index (χ0n) is 18.6. The third-order valence-electron chi connectivity index (χ3n) is 4.68. The van der Waals surface area contributed by atoms with Crippen LogP contribution in [0.2, 0.25) is 0 Å². The number of hydrogen-bond acceptors (Lipinski definition) is 8. The van der Waals surface area contributed by atoms with Crippen LogP contribution in [0.4, 0.5) is 0 Å². The van der Waals surface area contributed by atoms with Gasteiger partial charge < -0.3 is 28.4 Å². The highest BCUT2D eigenvalue weighted by atomic mass is 16.5. The second kappa shape index (κ2) is 10.3. The lowest BCUT2D eigenvalue weighted by molar-refractivity contribution is -0.125. The maximum Gasteiger partial charge on any atom is 0.246 e. The molecule has 9 nitrogen and oxygen atoms in total. The first-order valence-electron chi connectivity index (χ1n) is 9.69. The van der Waals surface area contributed by atoms with Crippen molar-refractivity contribution in [3.8, 4) is 34.4 Å². The first kappa shape index (κ1) is 22.7. The minimum Gasteiger partial charge on any atom is -0.497 e. The smallest absolute Gasteiger partial charge is 0.246 e. The molecule has 0 aliphatic carbocycles. The highest BCUT2D eigenvalue weighted by Crippen LogP contribution is 2.40. The van der Waals surface area contributed by atoms with Gasteiger partial charge in [-0.2, -0.15) is 4.98 Å². The molecule has 1 heterocycles. The molecule has 0 saturated carbocycles. The molecule has 1 aromatic heterocycles. The molecule has 0 bridgehead atoms. The van der Waals surface area contributed by atoms with Crippen LogP contribution in [0.3, 0.4) is 0 Å². The van der Waals surface area contributed by atoms with Gasteiger partial charge in [0, 0.05) is 24.3 Å². The molecule has 32 heavy (non-hydrogen) atoms. The Labute approximate surface area is 186 Å². The van der Waals surface area contributed by atoms with E-state index in [1.54, 1.807) is 39.5 Å². The average molecular weight is 439 g/mol. The molecule has 9 heteroatoms. The molecule has 0 N–H and O–H groups in total. The summed E-state index contributed by atoms with van der Waals surface area (Å²) in [5, 5.41) is 3.99. The van der Waals surface area contributed by atoms with Crippen LogP contribution in [-0.2, 0) is 11.3 Å². The number of rotatable bonds is 9. The average Bonchev–Trinajstić information content (AvgIpc) is 3.30. The summed E-state index contributed by atoms with van der Waals surface area (Å²) in [4.78, 5) is 18.4. The molecule has 0 unspecified atom stereocenters. The van der Waals surface area contributed by atoms with Crippen molar-refractivity contribution in [1.82, 2.24) is 15.0 Å². The maximum atomic E-state index is 12.6. The summed E-state index contributed by atoms with van der Waals surface area (Å²) in [7, 11) is 7.83. The van der Waals surface area contributed by atoms with Crippen molar-refractivity contribution >= 4 is 12.0 Å². The fourth-order valence-electron chi connectivity index (χ4n) is 3.02. The van der Waals surface area contributed by atoms with Gasteiger partial charge in [-0.3, -0.25) is 4.79 Å². The predicted molar refractivity (Wildman–Crippen MR) is 118 cm³/mol. The van der Waals surface area contributed by atoms with E-state index in [0.29, 0.717) is 40.3 Å². The van der Waals surface area contributed by atoms with Gasteiger partial charge in [0.1, 0.15) is 5.75 Å². The Morgan fingerprint density at radius 1 is 1.03 bits per heavy atom. The van der Waals surface area contributed by atoms with Gasteiger partial charge >= 0.3 is 0 Å². The van der Waals surface area contributed by atoms with Crippen LogP contribution in [-0.4, -0.2) is 56.4 Å². The lowest BCUT2D eigenvalue weighted by Gasteiger charge is -2.14. The molecule has 0 spiro atoms. The number of ether oxygens (including phenoxy) is 4. The number of carbonyl (C=O) groups excluding carboxylic acids is 1. The van der Waals surface area contributed by atoms with Crippen LogP contribution < -0.4 is 18.9 Å². The number of amides is 1. The Morgan fingerprint density at radius 3 is 2.50 bits per heavy atom. The van der Waals surface area contributed by atoms with Gasteiger partial charge in [-0.1, -0.05) is 17.3 Å². The monoisotopic (exact) mass is 439 g/mol. The van der Waals surface area contributed by atoms with E-state index in [9.17, 15) is 4.79 Å². The normalized spacial score (nSPS) is 10.8. The number of benzene rings is 2. The summed E-state index contributed by atoms with van der Waals surface area (Å²) in [5.74, 6) is 2.64. The fraction of sp³-hybridized carbons (Fsp3) is 0.261. The molecule has 0 atom stereocenters. The standard InChI is InChI=1S/C23H25N3O6/c1-26(14-19-24-23(25-32-19)16-7-6-8-17(13-16)28-2)20(27)12-10-15-9-11-18(29-3)22(31-5)21(15)30-4/h6-13H,14H2,1-5H3/b12-10+. The second-order valence-corrected chi connectivity index (χ2v) is 6.69. The summed E-state index contributed by atoms with van der Waals surface area (Å²) >= 11 is 0. The fourth-order valence-corrected chi connectivity index (χ4v) is 3.02. The van der Waals surface area contributed by atoms with Crippen molar-refractivity contribution in [3.05, 3.63) is 53.9 Å². The molecule has 2 aromatic carbocycles. The predicted octanol–water partition coefficient (Wildman–Crippen LogP) is 3.44. The molecular formula is C23H25N3O6. The van der Waals surface area contributed by atoms with Crippen molar-refractivity contribution in [2.24, 2.45) is 0 Å². The van der Waals surface area contributed by atoms with Crippen LogP contribution in [0.5, 0.6) is 23.0 Å². The van der Waals surface area contributed by atoms with Crippen molar-refractivity contribution in [3.63, 3.8) is 0 Å². The van der Waals surface area contributed by atoms with E-state index in [-0.39, 0.29) is 12.5 Å². The van der Waals surface area contributed by atoms with E-state index in [2.05, 4.69) is 10.1 Å². The third-order valence-corrected chi connectivity index (χ3v) is 4.68. The Kier molecular flexibility index (Phi) is 7.33. The molecule has 0 saturated heterocycles. The van der Waals surface area contributed by atoms with Crippen LogP contribution in [0.15, 0.2) is 47.0 Å². The van der Waals surface area contributed by atoms with E-state index in [1.807, 2.05) is 24.3 Å². The SMILES string of the molecule is COc1cccc(-c2noc(CN(C)C(=O)/C=C/c3ccc(OC)c(OC)c3OC)n2)c1. The molecule has 0 radical (unpaired) electrons. The number of nitrogens with zero attached hydrogens (tertiary/aromatic N) is 3. The van der Waals surface area contributed by atoms with Gasteiger partial charge in [0.2, 0.25) is 23.4 Å². The van der Waals surface area contributed by atoms with Gasteiger partial charge in [-0.05, 0) is 30.3 Å². The third kappa shape index (κ3) is 5.00. The molecule has 0 aliphatic heterocycles. The van der Waals surface area contributed by atoms with Crippen LogP contribution in [0.1, 0.15) is 11.5 Å². The van der Waals surface area contributed by atoms with Crippen LogP contribution >= 0.6 is 0 Å². The highest BCUT2D eigenvalue weighted by Gasteiger charge is 2.16. The molecule has 1 amide bonds. The quantitative estimate of drug-likeness (QED) is 0.468. The molecule has 168 valence electrons.